The van der Waals surface area contributed by atoms with E-state index in [-0.39, 0.29) is 0 Å². The van der Waals surface area contributed by atoms with Crippen LogP contribution >= 0.6 is 0 Å². The first kappa shape index (κ1) is 24.0. The number of aromatic nitrogens is 5. The summed E-state index contributed by atoms with van der Waals surface area (Å²) in [5.41, 5.74) is 2.91. The van der Waals surface area contributed by atoms with Gasteiger partial charge in [0.2, 0.25) is 5.95 Å². The van der Waals surface area contributed by atoms with E-state index in [1.807, 2.05) is 36.4 Å². The van der Waals surface area contributed by atoms with Crippen LogP contribution in [0.25, 0.3) is 11.0 Å². The van der Waals surface area contributed by atoms with E-state index < -0.39 is 0 Å². The molecule has 3 aromatic heterocycles. The summed E-state index contributed by atoms with van der Waals surface area (Å²) >= 11 is 0. The summed E-state index contributed by atoms with van der Waals surface area (Å²) in [5, 5.41) is 14.7. The Morgan fingerprint density at radius 2 is 1.74 bits per heavy atom. The molecule has 35 heavy (non-hydrogen) atoms. The van der Waals surface area contributed by atoms with Crippen LogP contribution in [0.3, 0.4) is 0 Å². The fourth-order valence-electron chi connectivity index (χ4n) is 4.99. The van der Waals surface area contributed by atoms with Crippen molar-refractivity contribution in [2.75, 3.05) is 50.2 Å². The van der Waals surface area contributed by atoms with Crippen LogP contribution < -0.4 is 16.0 Å². The minimum Gasteiger partial charge on any atom is -0.381 e. The standard InChI is InChI=1S/C21H29N7O.C4H9NO/c1-27-10-7-18-19(27)20(23-15-5-3-2-4-6-15)26-21(25-18)24-16-13-22-28(14-16)17-8-11-29-12-9-17;1-3-6-4-2-5-1/h7,10,13-15,17H,2-6,8-9,11-12H2,1H3,(H2,23,24,25,26);5H,1-4H2. The van der Waals surface area contributed by atoms with Gasteiger partial charge in [0.25, 0.3) is 0 Å². The van der Waals surface area contributed by atoms with E-state index in [1.54, 1.807) is 0 Å². The summed E-state index contributed by atoms with van der Waals surface area (Å²) in [6, 6.07) is 2.93. The van der Waals surface area contributed by atoms with Crippen LogP contribution in [0.1, 0.15) is 51.0 Å². The number of rotatable bonds is 5. The molecule has 2 saturated heterocycles. The summed E-state index contributed by atoms with van der Waals surface area (Å²) in [5.74, 6) is 1.52. The monoisotopic (exact) mass is 482 g/mol. The largest absolute Gasteiger partial charge is 0.381 e. The number of ether oxygens (including phenoxy) is 2. The van der Waals surface area contributed by atoms with Gasteiger partial charge in [-0.15, -0.1) is 0 Å². The Kier molecular flexibility index (Phi) is 8.12. The molecule has 1 saturated carbocycles. The van der Waals surface area contributed by atoms with Gasteiger partial charge in [-0.2, -0.15) is 10.1 Å². The zero-order valence-electron chi connectivity index (χ0n) is 20.7. The summed E-state index contributed by atoms with van der Waals surface area (Å²) in [6.45, 7) is 5.44. The maximum atomic E-state index is 5.46. The molecule has 190 valence electrons. The molecular weight excluding hydrogens is 444 g/mol. The van der Waals surface area contributed by atoms with Crippen LogP contribution in [0.2, 0.25) is 0 Å². The molecule has 0 aromatic carbocycles. The van der Waals surface area contributed by atoms with Gasteiger partial charge in [0.15, 0.2) is 5.82 Å². The van der Waals surface area contributed by atoms with E-state index in [0.717, 1.165) is 74.9 Å². The first-order chi connectivity index (χ1) is 17.3. The number of hydrogen-bond acceptors (Lipinski definition) is 8. The number of aryl methyl sites for hydroxylation is 1. The molecular formula is C25H38N8O2. The molecule has 3 aliphatic rings. The second-order valence-corrected chi connectivity index (χ2v) is 9.58. The van der Waals surface area contributed by atoms with Gasteiger partial charge in [0.1, 0.15) is 5.52 Å². The third kappa shape index (κ3) is 6.31. The average Bonchev–Trinajstić information content (AvgIpc) is 3.53. The topological polar surface area (TPSA) is 103 Å². The van der Waals surface area contributed by atoms with Crippen molar-refractivity contribution >= 4 is 28.5 Å². The zero-order valence-corrected chi connectivity index (χ0v) is 20.7. The van der Waals surface area contributed by atoms with E-state index >= 15 is 0 Å². The first-order valence-corrected chi connectivity index (χ1v) is 13.0. The van der Waals surface area contributed by atoms with Gasteiger partial charge in [0.05, 0.1) is 36.7 Å². The highest BCUT2D eigenvalue weighted by Gasteiger charge is 2.19. The van der Waals surface area contributed by atoms with Crippen molar-refractivity contribution in [3.63, 3.8) is 0 Å². The molecule has 3 N–H and O–H groups in total. The van der Waals surface area contributed by atoms with Crippen molar-refractivity contribution in [3.8, 4) is 0 Å². The van der Waals surface area contributed by atoms with Crippen molar-refractivity contribution in [3.05, 3.63) is 24.7 Å². The third-order valence-electron chi connectivity index (χ3n) is 6.93. The Labute approximate surface area is 206 Å². The molecule has 10 nitrogen and oxygen atoms in total. The predicted octanol–water partition coefficient (Wildman–Crippen LogP) is 3.61. The highest BCUT2D eigenvalue weighted by Crippen LogP contribution is 2.28. The smallest absolute Gasteiger partial charge is 0.229 e. The van der Waals surface area contributed by atoms with Gasteiger partial charge in [-0.25, -0.2) is 4.98 Å². The SMILES string of the molecule is C1COCCN1.Cn1ccc2nc(Nc3cnn(C4CCOCC4)c3)nc(NC3CCCCC3)c21. The van der Waals surface area contributed by atoms with Crippen molar-refractivity contribution in [2.45, 2.75) is 57.0 Å². The predicted molar refractivity (Wildman–Crippen MR) is 137 cm³/mol. The summed E-state index contributed by atoms with van der Waals surface area (Å²) in [7, 11) is 2.04. The highest BCUT2D eigenvalue weighted by molar-refractivity contribution is 5.88. The van der Waals surface area contributed by atoms with Crippen LogP contribution in [0.15, 0.2) is 24.7 Å². The normalized spacial score (nSPS) is 19.8. The van der Waals surface area contributed by atoms with E-state index in [1.165, 1.54) is 32.1 Å². The maximum Gasteiger partial charge on any atom is 0.229 e. The second kappa shape index (κ2) is 11.8. The molecule has 6 rings (SSSR count). The van der Waals surface area contributed by atoms with Crippen LogP contribution in [0, 0.1) is 0 Å². The highest BCUT2D eigenvalue weighted by atomic mass is 16.5. The molecule has 0 atom stereocenters. The molecule has 0 amide bonds. The summed E-state index contributed by atoms with van der Waals surface area (Å²) < 4.78 is 14.6. The average molecular weight is 483 g/mol. The summed E-state index contributed by atoms with van der Waals surface area (Å²) in [4.78, 5) is 9.56. The quantitative estimate of drug-likeness (QED) is 0.507. The minimum atomic E-state index is 0.403. The lowest BCUT2D eigenvalue weighted by atomic mass is 9.95. The van der Waals surface area contributed by atoms with Gasteiger partial charge in [0, 0.05) is 51.8 Å². The van der Waals surface area contributed by atoms with Gasteiger partial charge in [-0.1, -0.05) is 19.3 Å². The molecule has 0 radical (unpaired) electrons. The van der Waals surface area contributed by atoms with Gasteiger partial charge < -0.3 is 30.0 Å². The molecule has 3 aromatic rings. The lowest BCUT2D eigenvalue weighted by Gasteiger charge is -2.24. The molecule has 1 aliphatic carbocycles. The fraction of sp³-hybridized carbons (Fsp3) is 0.640. The number of nitrogens with one attached hydrogen (secondary N) is 3. The Morgan fingerprint density at radius 1 is 0.971 bits per heavy atom. The molecule has 0 spiro atoms. The molecule has 3 fully saturated rings. The Balaban J connectivity index is 0.000000371. The number of nitrogens with zero attached hydrogens (tertiary/aromatic N) is 5. The van der Waals surface area contributed by atoms with Crippen LogP contribution in [0.4, 0.5) is 17.5 Å². The lowest BCUT2D eigenvalue weighted by molar-refractivity contribution is 0.0662. The maximum absolute atomic E-state index is 5.46. The van der Waals surface area contributed by atoms with Gasteiger partial charge in [-0.3, -0.25) is 4.68 Å². The van der Waals surface area contributed by atoms with E-state index in [9.17, 15) is 0 Å². The molecule has 10 heteroatoms. The van der Waals surface area contributed by atoms with Crippen molar-refractivity contribution in [1.29, 1.82) is 0 Å². The minimum absolute atomic E-state index is 0.403. The number of hydrogen-bond donors (Lipinski definition) is 3. The van der Waals surface area contributed by atoms with Crippen molar-refractivity contribution in [1.82, 2.24) is 29.6 Å². The Morgan fingerprint density at radius 3 is 2.46 bits per heavy atom. The van der Waals surface area contributed by atoms with E-state index in [4.69, 9.17) is 19.4 Å². The van der Waals surface area contributed by atoms with Gasteiger partial charge in [-0.05, 0) is 31.7 Å². The molecule has 0 unspecified atom stereocenters. The van der Waals surface area contributed by atoms with Crippen LogP contribution in [-0.2, 0) is 16.5 Å². The molecule has 0 bridgehead atoms. The fourth-order valence-corrected chi connectivity index (χ4v) is 4.99. The molecule has 5 heterocycles. The van der Waals surface area contributed by atoms with E-state index in [0.29, 0.717) is 18.0 Å². The molecule has 2 aliphatic heterocycles. The first-order valence-electron chi connectivity index (χ1n) is 13.0. The lowest BCUT2D eigenvalue weighted by Crippen LogP contribution is -2.30. The van der Waals surface area contributed by atoms with E-state index in [2.05, 4.69) is 25.6 Å². The number of morpholine rings is 1. The van der Waals surface area contributed by atoms with Crippen LogP contribution in [-0.4, -0.2) is 69.9 Å². The van der Waals surface area contributed by atoms with Crippen LogP contribution in [0.5, 0.6) is 0 Å². The van der Waals surface area contributed by atoms with Crippen molar-refractivity contribution < 1.29 is 9.47 Å². The second-order valence-electron chi connectivity index (χ2n) is 9.58. The zero-order chi connectivity index (χ0) is 23.9. The Bertz CT molecular complexity index is 1050. The summed E-state index contributed by atoms with van der Waals surface area (Å²) in [6.07, 6.45) is 14.3. The number of fused-ring (bicyclic) bond motifs is 1. The third-order valence-corrected chi connectivity index (χ3v) is 6.93. The Hall–Kier alpha value is -2.69. The van der Waals surface area contributed by atoms with Crippen molar-refractivity contribution in [2.24, 2.45) is 7.05 Å². The van der Waals surface area contributed by atoms with Gasteiger partial charge >= 0.3 is 0 Å². The number of anilines is 3.